The monoisotopic (exact) mass is 252 g/mol. The molecule has 0 N–H and O–H groups in total. The Labute approximate surface area is 112 Å². The summed E-state index contributed by atoms with van der Waals surface area (Å²) in [6.45, 7) is 0. The molecule has 5 aliphatic rings. The molecule has 0 amide bonds. The number of ether oxygens (including phenoxy) is 1. The lowest BCUT2D eigenvalue weighted by atomic mass is 9.87. The lowest BCUT2D eigenvalue weighted by Gasteiger charge is -2.18. The zero-order valence-electron chi connectivity index (χ0n) is 10.9. The number of allylic oxidation sites excluding steroid dienone is 1. The van der Waals surface area contributed by atoms with Gasteiger partial charge in [-0.1, -0.05) is 30.3 Å². The van der Waals surface area contributed by atoms with Crippen molar-refractivity contribution in [2.45, 2.75) is 6.42 Å². The van der Waals surface area contributed by atoms with Crippen LogP contribution < -0.4 is 0 Å². The molecule has 96 valence electrons. The Hall–Kier alpha value is -1.57. The summed E-state index contributed by atoms with van der Waals surface area (Å²) < 4.78 is 5.08. The molecule has 4 unspecified atom stereocenters. The summed E-state index contributed by atoms with van der Waals surface area (Å²) in [5.74, 6) is 4.45. The van der Waals surface area contributed by atoms with Gasteiger partial charge in [-0.2, -0.15) is 0 Å². The van der Waals surface area contributed by atoms with Gasteiger partial charge in [-0.05, 0) is 53.1 Å². The van der Waals surface area contributed by atoms with Gasteiger partial charge in [0, 0.05) is 5.57 Å². The molecule has 0 aromatic heterocycles. The molecule has 0 aliphatic heterocycles. The van der Waals surface area contributed by atoms with E-state index < -0.39 is 0 Å². The highest BCUT2D eigenvalue weighted by Gasteiger charge is 2.78. The molecule has 1 aromatic carbocycles. The van der Waals surface area contributed by atoms with E-state index in [2.05, 4.69) is 24.3 Å². The van der Waals surface area contributed by atoms with Gasteiger partial charge in [0.1, 0.15) is 0 Å². The van der Waals surface area contributed by atoms with E-state index >= 15 is 0 Å². The lowest BCUT2D eigenvalue weighted by Crippen LogP contribution is -2.16. The molecule has 19 heavy (non-hydrogen) atoms. The molecule has 4 fully saturated rings. The van der Waals surface area contributed by atoms with E-state index in [1.54, 1.807) is 0 Å². The third kappa shape index (κ3) is 1.00. The van der Waals surface area contributed by atoms with Gasteiger partial charge in [-0.15, -0.1) is 0 Å². The van der Waals surface area contributed by atoms with E-state index in [9.17, 15) is 4.79 Å². The zero-order valence-corrected chi connectivity index (χ0v) is 10.9. The molecule has 0 radical (unpaired) electrons. The zero-order chi connectivity index (χ0) is 12.7. The second kappa shape index (κ2) is 3.12. The highest BCUT2D eigenvalue weighted by atomic mass is 16.5. The van der Waals surface area contributed by atoms with Gasteiger partial charge in [0.2, 0.25) is 0 Å². The van der Waals surface area contributed by atoms with Crippen molar-refractivity contribution in [3.8, 4) is 0 Å². The Balaban J connectivity index is 1.71. The largest absolute Gasteiger partial charge is 0.466 e. The van der Waals surface area contributed by atoms with E-state index in [4.69, 9.17) is 4.74 Å². The summed E-state index contributed by atoms with van der Waals surface area (Å²) >= 11 is 0. The first-order valence-electron chi connectivity index (χ1n) is 7.20. The van der Waals surface area contributed by atoms with Gasteiger partial charge in [-0.25, -0.2) is 4.79 Å². The Bertz CT molecular complexity index is 615. The van der Waals surface area contributed by atoms with Gasteiger partial charge >= 0.3 is 5.97 Å². The Kier molecular flexibility index (Phi) is 1.68. The standard InChI is InChI=1S/C17H16O2/c1-19-17(18)16-11(8-5-3-2-4-6-8)12-9-7-10-13(12)14(10)15(9)16/h2-6,9-10,12-15H,7H2,1H3/t9-,10+,12?,13?,14?,15?/m1/s1. The number of hydrogen-bond acceptors (Lipinski definition) is 2. The number of esters is 1. The molecule has 2 heteroatoms. The van der Waals surface area contributed by atoms with Crippen LogP contribution in [0.4, 0.5) is 0 Å². The van der Waals surface area contributed by atoms with E-state index in [-0.39, 0.29) is 5.97 Å². The van der Waals surface area contributed by atoms with Crippen LogP contribution >= 0.6 is 0 Å². The second-order valence-corrected chi connectivity index (χ2v) is 6.45. The average Bonchev–Trinajstić information content (AvgIpc) is 2.81. The maximum Gasteiger partial charge on any atom is 0.334 e. The average molecular weight is 252 g/mol. The van der Waals surface area contributed by atoms with Gasteiger partial charge in [0.25, 0.3) is 0 Å². The summed E-state index contributed by atoms with van der Waals surface area (Å²) in [4.78, 5) is 12.2. The van der Waals surface area contributed by atoms with E-state index in [0.29, 0.717) is 11.8 Å². The summed E-state index contributed by atoms with van der Waals surface area (Å²) in [6.07, 6.45) is 1.35. The first-order valence-corrected chi connectivity index (χ1v) is 7.20. The molecule has 0 saturated heterocycles. The number of methoxy groups -OCH3 is 1. The van der Waals surface area contributed by atoms with Crippen LogP contribution in [0.5, 0.6) is 0 Å². The summed E-state index contributed by atoms with van der Waals surface area (Å²) in [6, 6.07) is 10.5. The smallest absolute Gasteiger partial charge is 0.334 e. The molecule has 6 rings (SSSR count). The Morgan fingerprint density at radius 2 is 1.84 bits per heavy atom. The minimum absolute atomic E-state index is 0.0812. The first-order chi connectivity index (χ1) is 9.33. The molecule has 5 aliphatic carbocycles. The van der Waals surface area contributed by atoms with Crippen LogP contribution in [0.25, 0.3) is 5.57 Å². The van der Waals surface area contributed by atoms with Crippen LogP contribution in [0.15, 0.2) is 35.9 Å². The fraction of sp³-hybridized carbons (Fsp3) is 0.471. The Morgan fingerprint density at radius 1 is 1.11 bits per heavy atom. The van der Waals surface area contributed by atoms with Crippen LogP contribution in [-0.4, -0.2) is 13.1 Å². The topological polar surface area (TPSA) is 26.3 Å². The molecule has 2 nitrogen and oxygen atoms in total. The van der Waals surface area contributed by atoms with Crippen molar-refractivity contribution in [1.29, 1.82) is 0 Å². The molecular weight excluding hydrogens is 236 g/mol. The van der Waals surface area contributed by atoms with E-state index in [1.165, 1.54) is 24.7 Å². The molecular formula is C17H16O2. The lowest BCUT2D eigenvalue weighted by molar-refractivity contribution is -0.136. The van der Waals surface area contributed by atoms with Crippen molar-refractivity contribution in [1.82, 2.24) is 0 Å². The van der Waals surface area contributed by atoms with Crippen LogP contribution in [0, 0.1) is 35.5 Å². The van der Waals surface area contributed by atoms with Crippen LogP contribution in [0.3, 0.4) is 0 Å². The number of rotatable bonds is 2. The van der Waals surface area contributed by atoms with Gasteiger partial charge in [0.05, 0.1) is 7.11 Å². The van der Waals surface area contributed by atoms with Crippen molar-refractivity contribution in [2.75, 3.05) is 7.11 Å². The fourth-order valence-corrected chi connectivity index (χ4v) is 5.65. The maximum absolute atomic E-state index is 12.2. The van der Waals surface area contributed by atoms with Crippen LogP contribution in [0.2, 0.25) is 0 Å². The summed E-state index contributed by atoms with van der Waals surface area (Å²) in [5, 5.41) is 0. The fourth-order valence-electron chi connectivity index (χ4n) is 5.65. The van der Waals surface area contributed by atoms with Crippen LogP contribution in [0.1, 0.15) is 12.0 Å². The van der Waals surface area contributed by atoms with E-state index in [1.807, 2.05) is 6.07 Å². The molecule has 0 heterocycles. The highest BCUT2D eigenvalue weighted by molar-refractivity contribution is 6.01. The van der Waals surface area contributed by atoms with Crippen molar-refractivity contribution in [3.05, 3.63) is 41.5 Å². The number of carbonyl (C=O) groups excluding carboxylic acids is 1. The predicted octanol–water partition coefficient (Wildman–Crippen LogP) is 2.75. The van der Waals surface area contributed by atoms with Gasteiger partial charge in [-0.3, -0.25) is 0 Å². The van der Waals surface area contributed by atoms with Crippen molar-refractivity contribution >= 4 is 11.5 Å². The SMILES string of the molecule is COC(=O)C1=C(c2ccccc2)C2C3C4C1[C@@H]2C[C@H]43. The third-order valence-corrected chi connectivity index (χ3v) is 6.04. The second-order valence-electron chi connectivity index (χ2n) is 6.45. The van der Waals surface area contributed by atoms with E-state index in [0.717, 1.165) is 29.2 Å². The van der Waals surface area contributed by atoms with Crippen molar-refractivity contribution < 1.29 is 9.53 Å². The van der Waals surface area contributed by atoms with Gasteiger partial charge < -0.3 is 4.74 Å². The molecule has 6 atom stereocenters. The minimum atomic E-state index is -0.0812. The third-order valence-electron chi connectivity index (χ3n) is 6.04. The molecule has 4 saturated carbocycles. The number of carbonyl (C=O) groups is 1. The minimum Gasteiger partial charge on any atom is -0.466 e. The maximum atomic E-state index is 12.2. The molecule has 0 spiro atoms. The summed E-state index contributed by atoms with van der Waals surface area (Å²) in [5.41, 5.74) is 3.58. The molecule has 1 aromatic rings. The number of hydrogen-bond donors (Lipinski definition) is 0. The summed E-state index contributed by atoms with van der Waals surface area (Å²) in [7, 11) is 1.51. The Morgan fingerprint density at radius 3 is 2.53 bits per heavy atom. The highest BCUT2D eigenvalue weighted by Crippen LogP contribution is 2.83. The van der Waals surface area contributed by atoms with Crippen molar-refractivity contribution in [2.24, 2.45) is 35.5 Å². The normalized spacial score (nSPS) is 43.8. The molecule has 6 bridgehead atoms. The quantitative estimate of drug-likeness (QED) is 0.756. The van der Waals surface area contributed by atoms with Crippen LogP contribution in [-0.2, 0) is 9.53 Å². The predicted molar refractivity (Wildman–Crippen MR) is 70.9 cm³/mol. The first kappa shape index (κ1) is 10.2. The van der Waals surface area contributed by atoms with Crippen molar-refractivity contribution in [3.63, 3.8) is 0 Å². The van der Waals surface area contributed by atoms with Gasteiger partial charge in [0.15, 0.2) is 0 Å². The number of benzene rings is 1.